The Morgan fingerprint density at radius 1 is 0.455 bits per heavy atom. The number of fused-ring (bicyclic) bond motifs is 6. The number of carbonyl (C=O) groups excluding carboxylic acids is 1. The quantitative estimate of drug-likeness (QED) is 0.0946. The molecule has 1 heterocycles. The van der Waals surface area contributed by atoms with Crippen LogP contribution in [0.2, 0.25) is 0 Å². The van der Waals surface area contributed by atoms with Crippen molar-refractivity contribution in [3.05, 3.63) is 194 Å². The molecule has 10 aromatic rings. The van der Waals surface area contributed by atoms with Crippen molar-refractivity contribution in [3.8, 4) is 11.1 Å². The van der Waals surface area contributed by atoms with E-state index in [4.69, 9.17) is 9.31 Å². The maximum atomic E-state index is 13.1. The number of Topliss-reactive ketones (excluding diaryl/α,β-unsaturated/α-hetero) is 1. The van der Waals surface area contributed by atoms with Gasteiger partial charge in [0.25, 0.3) is 0 Å². The molecule has 0 bridgehead atoms. The summed E-state index contributed by atoms with van der Waals surface area (Å²) in [5.41, 5.74) is 16.7. The van der Waals surface area contributed by atoms with Crippen LogP contribution in [0.15, 0.2) is 155 Å². The molecule has 0 atom stereocenters. The fraction of sp³-hybridized carbons (Fsp3) is 0.292. The molecular formula is C72H72BBrO3. The molecule has 5 heteroatoms. The predicted molar refractivity (Wildman–Crippen MR) is 335 cm³/mol. The summed E-state index contributed by atoms with van der Waals surface area (Å²) < 4.78 is 14.1. The summed E-state index contributed by atoms with van der Waals surface area (Å²) in [6.45, 7) is 32.6. The Morgan fingerprint density at radius 2 is 0.948 bits per heavy atom. The summed E-state index contributed by atoms with van der Waals surface area (Å²) in [6.07, 6.45) is 0. The molecule has 13 rings (SSSR count). The van der Waals surface area contributed by atoms with E-state index in [2.05, 4.69) is 259 Å². The smallest absolute Gasteiger partial charge is 0.399 e. The molecule has 1 fully saturated rings. The number of hydrogen-bond acceptors (Lipinski definition) is 3. The second-order valence-corrected chi connectivity index (χ2v) is 25.1. The van der Waals surface area contributed by atoms with Crippen LogP contribution >= 0.6 is 15.9 Å². The van der Waals surface area contributed by atoms with E-state index in [0.717, 1.165) is 21.1 Å². The van der Waals surface area contributed by atoms with Gasteiger partial charge in [-0.05, 0) is 210 Å². The lowest BCUT2D eigenvalue weighted by Crippen LogP contribution is -2.41. The Kier molecular flexibility index (Phi) is 13.4. The standard InChI is InChI=1S/C34H31BO2.C21H19BrO.C17H22/c1-20-10-7-11-21(2)30(20)25-16-17-26-27-18-19-29(35-36-33(3,4)34(5,6)37-35)28-15-9-14-23(32(27)28)22-12-8-13-24(25)31(22)26;1-10(2)16-19-13-7-5-6-12-15(22)9-8-14(18(12)13)20(19)17(11(3)4)21(16)23;1-11(2)14-6-9-17-13(5)16(12(3)4)8-7-15(17)10-14/h7-19H,1-6H3;5-11H,1-4H3;6-12H,1-5H3. The van der Waals surface area contributed by atoms with Crippen molar-refractivity contribution in [1.29, 1.82) is 0 Å². The van der Waals surface area contributed by atoms with E-state index in [1.165, 1.54) is 126 Å². The Balaban J connectivity index is 0.000000135. The monoisotopic (exact) mass is 1070 g/mol. The van der Waals surface area contributed by atoms with Gasteiger partial charge in [0.1, 0.15) is 0 Å². The van der Waals surface area contributed by atoms with Gasteiger partial charge in [0, 0.05) is 15.6 Å². The van der Waals surface area contributed by atoms with Gasteiger partial charge >= 0.3 is 7.12 Å². The van der Waals surface area contributed by atoms with Crippen molar-refractivity contribution in [3.63, 3.8) is 0 Å². The Labute approximate surface area is 465 Å². The van der Waals surface area contributed by atoms with Gasteiger partial charge in [-0.2, -0.15) is 0 Å². The van der Waals surface area contributed by atoms with Crippen LogP contribution in [0.1, 0.15) is 134 Å². The van der Waals surface area contributed by atoms with Crippen molar-refractivity contribution in [2.75, 3.05) is 0 Å². The largest absolute Gasteiger partial charge is 0.495 e. The molecule has 0 saturated carbocycles. The van der Waals surface area contributed by atoms with E-state index in [0.29, 0.717) is 11.8 Å². The van der Waals surface area contributed by atoms with Crippen molar-refractivity contribution in [2.45, 2.75) is 127 Å². The first kappa shape index (κ1) is 52.7. The van der Waals surface area contributed by atoms with Crippen LogP contribution in [-0.2, 0) is 14.1 Å². The predicted octanol–water partition coefficient (Wildman–Crippen LogP) is 19.7. The first-order valence-electron chi connectivity index (χ1n) is 27.9. The zero-order valence-electron chi connectivity index (χ0n) is 47.8. The number of rotatable bonds is 6. The summed E-state index contributed by atoms with van der Waals surface area (Å²) >= 11 is 3.67. The van der Waals surface area contributed by atoms with Crippen molar-refractivity contribution in [1.82, 2.24) is 0 Å². The zero-order chi connectivity index (χ0) is 54.7. The molecule has 1 aliphatic heterocycles. The second kappa shape index (κ2) is 19.5. The minimum atomic E-state index is -0.391. The van der Waals surface area contributed by atoms with Gasteiger partial charge in [0.05, 0.1) is 11.2 Å². The topological polar surface area (TPSA) is 35.5 Å². The SMILES string of the molecule is CC(C)C1=C2C(=C(C(C)C)C1=O)c1ccc(Br)c3cccc2c13.Cc1c(C(C)C)ccc2cc(C(C)C)ccc12.Cc1cccc(C)c1-c1ccc2c3ccc(B4OC(C)(C)C(C)(C)O4)c4cccc(c5cccc1c52)c43. The lowest BCUT2D eigenvalue weighted by molar-refractivity contribution is -0.112. The maximum absolute atomic E-state index is 13.1. The number of benzene rings is 10. The average Bonchev–Trinajstić information content (AvgIpc) is 4.12. The molecular weight excluding hydrogens is 1000 g/mol. The van der Waals surface area contributed by atoms with Gasteiger partial charge in [0.15, 0.2) is 5.78 Å². The highest BCUT2D eigenvalue weighted by Gasteiger charge is 2.52. The molecule has 10 aromatic carbocycles. The van der Waals surface area contributed by atoms with E-state index in [1.54, 1.807) is 0 Å². The van der Waals surface area contributed by atoms with Crippen LogP contribution in [0, 0.1) is 32.6 Å². The molecule has 2 aliphatic carbocycles. The van der Waals surface area contributed by atoms with Crippen LogP contribution in [0.4, 0.5) is 0 Å². The lowest BCUT2D eigenvalue weighted by atomic mass is 9.74. The summed E-state index contributed by atoms with van der Waals surface area (Å²) in [7, 11) is -0.391. The first-order valence-corrected chi connectivity index (χ1v) is 28.7. The number of aryl methyl sites for hydroxylation is 3. The minimum Gasteiger partial charge on any atom is -0.399 e. The minimum absolute atomic E-state index is 0.233. The zero-order valence-corrected chi connectivity index (χ0v) is 49.4. The van der Waals surface area contributed by atoms with Crippen molar-refractivity contribution in [2.24, 2.45) is 11.8 Å². The molecule has 77 heavy (non-hydrogen) atoms. The molecule has 0 aromatic heterocycles. The summed E-state index contributed by atoms with van der Waals surface area (Å²) in [6, 6.07) is 51.3. The number of ketones is 1. The van der Waals surface area contributed by atoms with Gasteiger partial charge in [-0.25, -0.2) is 0 Å². The highest BCUT2D eigenvalue weighted by Crippen LogP contribution is 2.56. The molecule has 0 spiro atoms. The number of carbonyl (C=O) groups is 1. The van der Waals surface area contributed by atoms with Crippen LogP contribution in [0.3, 0.4) is 0 Å². The highest BCUT2D eigenvalue weighted by molar-refractivity contribution is 9.10. The van der Waals surface area contributed by atoms with E-state index >= 15 is 0 Å². The third-order valence-electron chi connectivity index (χ3n) is 17.6. The van der Waals surface area contributed by atoms with Crippen LogP contribution in [0.25, 0.3) is 86.9 Å². The number of halogens is 1. The number of allylic oxidation sites excluding steroid dienone is 4. The normalized spacial score (nSPS) is 15.7. The van der Waals surface area contributed by atoms with Gasteiger partial charge in [-0.15, -0.1) is 0 Å². The third kappa shape index (κ3) is 8.50. The second-order valence-electron chi connectivity index (χ2n) is 24.3. The number of hydrogen-bond donors (Lipinski definition) is 0. The molecule has 3 nitrogen and oxygen atoms in total. The van der Waals surface area contributed by atoms with Crippen LogP contribution in [0.5, 0.6) is 0 Å². The fourth-order valence-electron chi connectivity index (χ4n) is 13.0. The fourth-order valence-corrected chi connectivity index (χ4v) is 13.4. The van der Waals surface area contributed by atoms with Crippen molar-refractivity contribution < 1.29 is 14.1 Å². The Bertz CT molecular complexity index is 4030. The Hall–Kier alpha value is -6.37. The van der Waals surface area contributed by atoms with E-state index in [-0.39, 0.29) is 28.8 Å². The van der Waals surface area contributed by atoms with Gasteiger partial charge in [0.2, 0.25) is 0 Å². The maximum Gasteiger partial charge on any atom is 0.495 e. The molecule has 388 valence electrons. The molecule has 1 saturated heterocycles. The summed E-state index contributed by atoms with van der Waals surface area (Å²) in [5, 5.41) is 15.6. The van der Waals surface area contributed by atoms with E-state index in [9.17, 15) is 4.79 Å². The lowest BCUT2D eigenvalue weighted by Gasteiger charge is -2.32. The van der Waals surface area contributed by atoms with Crippen molar-refractivity contribution >= 4 is 110 Å². The molecule has 0 N–H and O–H groups in total. The van der Waals surface area contributed by atoms with Crippen LogP contribution in [-0.4, -0.2) is 24.1 Å². The highest BCUT2D eigenvalue weighted by atomic mass is 79.9. The van der Waals surface area contributed by atoms with Gasteiger partial charge in [-0.3, -0.25) is 4.79 Å². The Morgan fingerprint density at radius 3 is 1.55 bits per heavy atom. The van der Waals surface area contributed by atoms with Gasteiger partial charge in [-0.1, -0.05) is 205 Å². The summed E-state index contributed by atoms with van der Waals surface area (Å²) in [5.74, 6) is 1.92. The molecule has 0 unspecified atom stereocenters. The average molecular weight is 1080 g/mol. The van der Waals surface area contributed by atoms with E-state index in [1.807, 2.05) is 0 Å². The third-order valence-corrected chi connectivity index (χ3v) is 18.2. The molecule has 3 aliphatic rings. The van der Waals surface area contributed by atoms with E-state index < -0.39 is 7.12 Å². The molecule has 0 amide bonds. The summed E-state index contributed by atoms with van der Waals surface area (Å²) in [4.78, 5) is 13.1. The van der Waals surface area contributed by atoms with Gasteiger partial charge < -0.3 is 9.31 Å². The van der Waals surface area contributed by atoms with Crippen LogP contribution < -0.4 is 5.46 Å². The first-order chi connectivity index (χ1) is 36.6. The molecule has 0 radical (unpaired) electrons.